The Morgan fingerprint density at radius 2 is 2.35 bits per heavy atom. The van der Waals surface area contributed by atoms with Gasteiger partial charge in [0.05, 0.1) is 17.7 Å². The summed E-state index contributed by atoms with van der Waals surface area (Å²) in [6.07, 6.45) is 3.55. The number of hydrogen-bond acceptors (Lipinski definition) is 6. The molecule has 0 radical (unpaired) electrons. The minimum atomic E-state index is -0.143. The van der Waals surface area contributed by atoms with Crippen LogP contribution in [-0.4, -0.2) is 21.2 Å². The fourth-order valence-corrected chi connectivity index (χ4v) is 4.28. The average molecular weight is 391 g/mol. The molecule has 136 valence electrons. The highest BCUT2D eigenvalue weighted by molar-refractivity contribution is 7.20. The Balaban J connectivity index is 1.68. The molecule has 26 heavy (non-hydrogen) atoms. The summed E-state index contributed by atoms with van der Waals surface area (Å²) >= 11 is 7.68. The number of aromatic nitrogens is 3. The molecule has 1 aromatic carbocycles. The van der Waals surface area contributed by atoms with Crippen molar-refractivity contribution < 1.29 is 4.74 Å². The predicted molar refractivity (Wildman–Crippen MR) is 104 cm³/mol. The zero-order valence-electron chi connectivity index (χ0n) is 14.4. The van der Waals surface area contributed by atoms with Crippen molar-refractivity contribution in [1.29, 1.82) is 0 Å². The molecule has 0 saturated heterocycles. The van der Waals surface area contributed by atoms with Gasteiger partial charge in [0, 0.05) is 17.3 Å². The third-order valence-electron chi connectivity index (χ3n) is 4.36. The van der Waals surface area contributed by atoms with Crippen molar-refractivity contribution in [2.75, 3.05) is 11.9 Å². The van der Waals surface area contributed by atoms with E-state index in [2.05, 4.69) is 22.3 Å². The number of aryl methyl sites for hydroxylation is 1. The highest BCUT2D eigenvalue weighted by atomic mass is 35.5. The molecule has 1 aliphatic rings. The van der Waals surface area contributed by atoms with Gasteiger partial charge in [-0.25, -0.2) is 4.98 Å². The molecule has 2 aromatic heterocycles. The molecule has 0 bridgehead atoms. The number of nitrogens with zero attached hydrogens (tertiary/aromatic N) is 3. The lowest BCUT2D eigenvalue weighted by atomic mass is 10.0. The van der Waals surface area contributed by atoms with Gasteiger partial charge >= 0.3 is 0 Å². The summed E-state index contributed by atoms with van der Waals surface area (Å²) in [5, 5.41) is 9.13. The van der Waals surface area contributed by atoms with E-state index in [-0.39, 0.29) is 11.6 Å². The van der Waals surface area contributed by atoms with Crippen molar-refractivity contribution in [1.82, 2.24) is 14.6 Å². The molecule has 8 heteroatoms. The van der Waals surface area contributed by atoms with Crippen LogP contribution in [0, 0.1) is 0 Å². The molecule has 4 rings (SSSR count). The first-order chi connectivity index (χ1) is 12.7. The van der Waals surface area contributed by atoms with Crippen molar-refractivity contribution in [3.8, 4) is 5.75 Å². The Labute approximate surface area is 159 Å². The van der Waals surface area contributed by atoms with Crippen LogP contribution in [0.5, 0.6) is 5.75 Å². The number of para-hydroxylation sites is 1. The molecule has 1 aliphatic heterocycles. The van der Waals surface area contributed by atoms with Gasteiger partial charge in [0.25, 0.3) is 5.56 Å². The molecular weight excluding hydrogens is 372 g/mol. The van der Waals surface area contributed by atoms with Crippen molar-refractivity contribution in [3.05, 3.63) is 50.9 Å². The predicted octanol–water partition coefficient (Wildman–Crippen LogP) is 4.08. The number of halogens is 1. The Bertz CT molecular complexity index is 1000. The summed E-state index contributed by atoms with van der Waals surface area (Å²) in [5.74, 6) is 0.728. The lowest BCUT2D eigenvalue weighted by molar-refractivity contribution is 0.316. The van der Waals surface area contributed by atoms with Crippen molar-refractivity contribution in [2.24, 2.45) is 0 Å². The number of hydrogen-bond donors (Lipinski definition) is 1. The Morgan fingerprint density at radius 1 is 1.46 bits per heavy atom. The quantitative estimate of drug-likeness (QED) is 0.726. The SMILES string of the molecule is CCCc1cc(=O)n2nc(NC3CCCOc4c(Cl)cccc43)sc2n1. The number of fused-ring (bicyclic) bond motifs is 2. The van der Waals surface area contributed by atoms with Crippen LogP contribution in [0.1, 0.15) is 43.5 Å². The zero-order valence-corrected chi connectivity index (χ0v) is 15.9. The van der Waals surface area contributed by atoms with E-state index in [9.17, 15) is 4.79 Å². The van der Waals surface area contributed by atoms with E-state index >= 15 is 0 Å². The molecule has 3 aromatic rings. The monoisotopic (exact) mass is 390 g/mol. The van der Waals surface area contributed by atoms with E-state index < -0.39 is 0 Å². The van der Waals surface area contributed by atoms with E-state index in [0.717, 1.165) is 42.7 Å². The zero-order chi connectivity index (χ0) is 18.1. The number of rotatable bonds is 4. The molecule has 1 atom stereocenters. The molecule has 0 fully saturated rings. The van der Waals surface area contributed by atoms with E-state index in [4.69, 9.17) is 16.3 Å². The summed E-state index contributed by atoms with van der Waals surface area (Å²) in [5.41, 5.74) is 1.68. The van der Waals surface area contributed by atoms with E-state index in [1.807, 2.05) is 18.2 Å². The van der Waals surface area contributed by atoms with Crippen LogP contribution in [0.2, 0.25) is 5.02 Å². The Morgan fingerprint density at radius 3 is 3.19 bits per heavy atom. The fourth-order valence-electron chi connectivity index (χ4n) is 3.17. The van der Waals surface area contributed by atoms with Crippen LogP contribution >= 0.6 is 22.9 Å². The lowest BCUT2D eigenvalue weighted by Gasteiger charge is -2.17. The van der Waals surface area contributed by atoms with Gasteiger partial charge in [-0.05, 0) is 25.3 Å². The summed E-state index contributed by atoms with van der Waals surface area (Å²) in [6.45, 7) is 2.70. The van der Waals surface area contributed by atoms with Crippen LogP contribution in [0.15, 0.2) is 29.1 Å². The number of anilines is 1. The summed E-state index contributed by atoms with van der Waals surface area (Å²) in [7, 11) is 0. The number of benzene rings is 1. The normalized spacial score (nSPS) is 16.8. The van der Waals surface area contributed by atoms with E-state index in [1.54, 1.807) is 6.07 Å². The lowest BCUT2D eigenvalue weighted by Crippen LogP contribution is -2.16. The topological polar surface area (TPSA) is 68.5 Å². The Hall–Kier alpha value is -2.12. The maximum absolute atomic E-state index is 12.3. The molecule has 0 amide bonds. The largest absolute Gasteiger partial charge is 0.492 e. The van der Waals surface area contributed by atoms with Crippen molar-refractivity contribution >= 4 is 33.0 Å². The van der Waals surface area contributed by atoms with Crippen LogP contribution in [0.4, 0.5) is 5.13 Å². The van der Waals surface area contributed by atoms with Gasteiger partial charge < -0.3 is 10.1 Å². The molecule has 1 unspecified atom stereocenters. The van der Waals surface area contributed by atoms with E-state index in [1.165, 1.54) is 15.9 Å². The molecule has 0 saturated carbocycles. The van der Waals surface area contributed by atoms with Gasteiger partial charge in [-0.2, -0.15) is 4.52 Å². The second kappa shape index (κ2) is 7.25. The molecule has 1 N–H and O–H groups in total. The number of nitrogens with one attached hydrogen (secondary N) is 1. The third kappa shape index (κ3) is 3.29. The van der Waals surface area contributed by atoms with Crippen LogP contribution in [0.3, 0.4) is 0 Å². The summed E-state index contributed by atoms with van der Waals surface area (Å²) in [4.78, 5) is 17.4. The molecule has 0 spiro atoms. The Kier molecular flexibility index (Phi) is 4.82. The summed E-state index contributed by atoms with van der Waals surface area (Å²) < 4.78 is 7.17. The van der Waals surface area contributed by atoms with Gasteiger partial charge in [0.1, 0.15) is 5.75 Å². The fraction of sp³-hybridized carbons (Fsp3) is 0.389. The standard InChI is InChI=1S/C18H19ClN4O2S/c1-2-5-11-10-15(24)23-18(20-11)26-17(22-23)21-14-8-4-9-25-16-12(14)6-3-7-13(16)19/h3,6-7,10,14H,2,4-5,8-9H2,1H3,(H,21,22). The van der Waals surface area contributed by atoms with Crippen LogP contribution < -0.4 is 15.6 Å². The highest BCUT2D eigenvalue weighted by Crippen LogP contribution is 2.38. The molecule has 6 nitrogen and oxygen atoms in total. The number of ether oxygens (including phenoxy) is 1. The van der Waals surface area contributed by atoms with Crippen molar-refractivity contribution in [2.45, 2.75) is 38.6 Å². The maximum atomic E-state index is 12.3. The average Bonchev–Trinajstić information content (AvgIpc) is 2.90. The second-order valence-electron chi connectivity index (χ2n) is 6.28. The third-order valence-corrected chi connectivity index (χ3v) is 5.50. The second-order valence-corrected chi connectivity index (χ2v) is 7.65. The van der Waals surface area contributed by atoms with Gasteiger partial charge in [-0.1, -0.05) is 48.4 Å². The van der Waals surface area contributed by atoms with Gasteiger partial charge in [0.15, 0.2) is 0 Å². The van der Waals surface area contributed by atoms with Crippen molar-refractivity contribution in [3.63, 3.8) is 0 Å². The first-order valence-corrected chi connectivity index (χ1v) is 9.92. The van der Waals surface area contributed by atoms with Gasteiger partial charge in [-0.3, -0.25) is 4.79 Å². The van der Waals surface area contributed by atoms with Gasteiger partial charge in [-0.15, -0.1) is 5.10 Å². The molecule has 3 heterocycles. The first kappa shape index (κ1) is 17.3. The first-order valence-electron chi connectivity index (χ1n) is 8.73. The molecule has 0 aliphatic carbocycles. The minimum Gasteiger partial charge on any atom is -0.492 e. The minimum absolute atomic E-state index is 0.0255. The summed E-state index contributed by atoms with van der Waals surface area (Å²) in [6, 6.07) is 7.36. The van der Waals surface area contributed by atoms with Gasteiger partial charge in [0.2, 0.25) is 10.1 Å². The smallest absolute Gasteiger partial charge is 0.275 e. The highest BCUT2D eigenvalue weighted by Gasteiger charge is 2.23. The van der Waals surface area contributed by atoms with Crippen LogP contribution in [-0.2, 0) is 6.42 Å². The van der Waals surface area contributed by atoms with E-state index in [0.29, 0.717) is 21.7 Å². The molecular formula is C18H19ClN4O2S. The maximum Gasteiger partial charge on any atom is 0.275 e. The van der Waals surface area contributed by atoms with Crippen LogP contribution in [0.25, 0.3) is 4.96 Å².